The van der Waals surface area contributed by atoms with E-state index in [0.717, 1.165) is 26.2 Å². The predicted molar refractivity (Wildman–Crippen MR) is 139 cm³/mol. The zero-order valence-corrected chi connectivity index (χ0v) is 19.9. The summed E-state index contributed by atoms with van der Waals surface area (Å²) in [5.41, 5.74) is 2.03. The number of rotatable bonds is 7. The summed E-state index contributed by atoms with van der Waals surface area (Å²) < 4.78 is 14.9. The maximum Gasteiger partial charge on any atom is 0.266 e. The van der Waals surface area contributed by atoms with Gasteiger partial charge in [0.05, 0.1) is 23.1 Å². The lowest BCUT2D eigenvalue weighted by molar-refractivity contribution is -0.121. The zero-order chi connectivity index (χ0) is 24.9. The molecule has 1 aliphatic rings. The third-order valence-electron chi connectivity index (χ3n) is 6.52. The minimum Gasteiger partial charge on any atom is -0.369 e. The summed E-state index contributed by atoms with van der Waals surface area (Å²) in [7, 11) is 0. The van der Waals surface area contributed by atoms with E-state index in [4.69, 9.17) is 0 Å². The Hall–Kier alpha value is -4.04. The third-order valence-corrected chi connectivity index (χ3v) is 6.52. The molecule has 1 amide bonds. The van der Waals surface area contributed by atoms with Gasteiger partial charge in [-0.15, -0.1) is 0 Å². The van der Waals surface area contributed by atoms with Gasteiger partial charge in [-0.05, 0) is 48.5 Å². The van der Waals surface area contributed by atoms with Gasteiger partial charge in [0.1, 0.15) is 11.6 Å². The lowest BCUT2D eigenvalue weighted by atomic mass is 10.2. The van der Waals surface area contributed by atoms with E-state index in [1.807, 2.05) is 24.3 Å². The average Bonchev–Trinajstić information content (AvgIpc) is 2.92. The molecule has 1 aromatic heterocycles. The molecule has 0 bridgehead atoms. The maximum absolute atomic E-state index is 13.5. The molecule has 0 aliphatic carbocycles. The molecule has 0 radical (unpaired) electrons. The van der Waals surface area contributed by atoms with Crippen LogP contribution >= 0.6 is 0 Å². The Morgan fingerprint density at radius 3 is 2.31 bits per heavy atom. The second-order valence-electron chi connectivity index (χ2n) is 8.85. The molecule has 0 unspecified atom stereocenters. The highest BCUT2D eigenvalue weighted by molar-refractivity contribution is 5.78. The molecule has 0 spiro atoms. The van der Waals surface area contributed by atoms with Crippen LogP contribution in [0, 0.1) is 5.82 Å². The molecule has 1 aliphatic heterocycles. The summed E-state index contributed by atoms with van der Waals surface area (Å²) in [5, 5.41) is 3.38. The van der Waals surface area contributed by atoms with Crippen LogP contribution in [0.3, 0.4) is 0 Å². The van der Waals surface area contributed by atoms with Crippen molar-refractivity contribution >= 4 is 22.5 Å². The first kappa shape index (κ1) is 23.7. The molecule has 7 nitrogen and oxygen atoms in total. The van der Waals surface area contributed by atoms with Crippen LogP contribution in [0.25, 0.3) is 16.6 Å². The number of amides is 1. The van der Waals surface area contributed by atoms with Gasteiger partial charge in [-0.2, -0.15) is 0 Å². The number of hydrogen-bond acceptors (Lipinski definition) is 5. The van der Waals surface area contributed by atoms with Gasteiger partial charge in [-0.1, -0.05) is 30.3 Å². The van der Waals surface area contributed by atoms with Crippen molar-refractivity contribution in [2.75, 3.05) is 37.6 Å². The zero-order valence-electron chi connectivity index (χ0n) is 19.9. The second kappa shape index (κ2) is 10.7. The van der Waals surface area contributed by atoms with Crippen LogP contribution in [0.15, 0.2) is 83.7 Å². The van der Waals surface area contributed by atoms with Gasteiger partial charge >= 0.3 is 0 Å². The van der Waals surface area contributed by atoms with E-state index >= 15 is 0 Å². The van der Waals surface area contributed by atoms with Crippen LogP contribution in [0.4, 0.5) is 10.1 Å². The average molecular weight is 486 g/mol. The molecule has 1 fully saturated rings. The van der Waals surface area contributed by atoms with E-state index in [1.165, 1.54) is 34.5 Å². The van der Waals surface area contributed by atoms with Gasteiger partial charge in [-0.3, -0.25) is 19.1 Å². The monoisotopic (exact) mass is 485 g/mol. The summed E-state index contributed by atoms with van der Waals surface area (Å²) in [4.78, 5) is 35.2. The van der Waals surface area contributed by atoms with Crippen molar-refractivity contribution in [3.63, 3.8) is 0 Å². The fourth-order valence-corrected chi connectivity index (χ4v) is 4.55. The van der Waals surface area contributed by atoms with Gasteiger partial charge in [0, 0.05) is 44.8 Å². The van der Waals surface area contributed by atoms with Crippen LogP contribution in [-0.4, -0.2) is 53.1 Å². The Kier molecular flexibility index (Phi) is 7.04. The Labute approximate surface area is 208 Å². The number of para-hydroxylation sites is 2. The number of carbonyl (C=O) groups excluding carboxylic acids is 1. The van der Waals surface area contributed by atoms with Crippen molar-refractivity contribution in [1.29, 1.82) is 0 Å². The first-order valence-electron chi connectivity index (χ1n) is 12.1. The fourth-order valence-electron chi connectivity index (χ4n) is 4.55. The van der Waals surface area contributed by atoms with E-state index in [-0.39, 0.29) is 23.8 Å². The van der Waals surface area contributed by atoms with E-state index < -0.39 is 0 Å². The number of fused-ring (bicyclic) bond motifs is 1. The van der Waals surface area contributed by atoms with Crippen molar-refractivity contribution in [1.82, 2.24) is 19.8 Å². The molecule has 184 valence electrons. The van der Waals surface area contributed by atoms with Crippen LogP contribution < -0.4 is 15.8 Å². The summed E-state index contributed by atoms with van der Waals surface area (Å²) in [6.07, 6.45) is 0.361. The quantitative estimate of drug-likeness (QED) is 0.435. The standard InChI is InChI=1S/C28H28FN5O2/c29-21-10-12-23(13-11-21)34-26(31-25-9-5-4-8-24(25)28(34)36)20-30-27(35)14-15-32-16-18-33(19-17-32)22-6-2-1-3-7-22/h1-13H,14-20H2,(H,30,35). The highest BCUT2D eigenvalue weighted by atomic mass is 19.1. The molecule has 1 saturated heterocycles. The number of aromatic nitrogens is 2. The number of hydrogen-bond donors (Lipinski definition) is 1. The molecule has 1 N–H and O–H groups in total. The first-order chi connectivity index (χ1) is 17.6. The summed E-state index contributed by atoms with van der Waals surface area (Å²) in [5.74, 6) is -0.0938. The van der Waals surface area contributed by atoms with E-state index in [2.05, 4.69) is 32.2 Å². The Morgan fingerprint density at radius 2 is 1.56 bits per heavy atom. The van der Waals surface area contributed by atoms with Gasteiger partial charge in [0.2, 0.25) is 5.91 Å². The SMILES string of the molecule is O=C(CCN1CCN(c2ccccc2)CC1)NCc1nc2ccccc2c(=O)n1-c1ccc(F)cc1. The van der Waals surface area contributed by atoms with Crippen LogP contribution in [0.2, 0.25) is 0 Å². The molecular weight excluding hydrogens is 457 g/mol. The largest absolute Gasteiger partial charge is 0.369 e. The highest BCUT2D eigenvalue weighted by Gasteiger charge is 2.18. The number of anilines is 1. The molecule has 2 heterocycles. The normalized spacial score (nSPS) is 14.2. The maximum atomic E-state index is 13.5. The number of benzene rings is 3. The van der Waals surface area contributed by atoms with Crippen molar-refractivity contribution in [2.24, 2.45) is 0 Å². The third kappa shape index (κ3) is 5.28. The molecule has 5 rings (SSSR count). The molecule has 0 atom stereocenters. The molecule has 36 heavy (non-hydrogen) atoms. The van der Waals surface area contributed by atoms with Crippen LogP contribution in [0.1, 0.15) is 12.2 Å². The van der Waals surface area contributed by atoms with Crippen LogP contribution in [0.5, 0.6) is 0 Å². The van der Waals surface area contributed by atoms with Crippen molar-refractivity contribution < 1.29 is 9.18 Å². The van der Waals surface area contributed by atoms with Crippen molar-refractivity contribution in [2.45, 2.75) is 13.0 Å². The van der Waals surface area contributed by atoms with E-state index in [0.29, 0.717) is 35.4 Å². The Balaban J connectivity index is 1.22. The smallest absolute Gasteiger partial charge is 0.266 e. The lowest BCUT2D eigenvalue weighted by Gasteiger charge is -2.36. The molecule has 8 heteroatoms. The van der Waals surface area contributed by atoms with Gasteiger partial charge < -0.3 is 10.2 Å². The summed E-state index contributed by atoms with van der Waals surface area (Å²) >= 11 is 0. The van der Waals surface area contributed by atoms with Crippen molar-refractivity contribution in [3.05, 3.63) is 101 Å². The number of carbonyl (C=O) groups is 1. The lowest BCUT2D eigenvalue weighted by Crippen LogP contribution is -2.47. The minimum atomic E-state index is -0.389. The van der Waals surface area contributed by atoms with Gasteiger partial charge in [0.15, 0.2) is 0 Å². The minimum absolute atomic E-state index is 0.0953. The second-order valence-corrected chi connectivity index (χ2v) is 8.85. The number of halogens is 1. The number of piperazine rings is 1. The number of nitrogens with one attached hydrogen (secondary N) is 1. The van der Waals surface area contributed by atoms with Crippen LogP contribution in [-0.2, 0) is 11.3 Å². The molecule has 0 saturated carbocycles. The first-order valence-corrected chi connectivity index (χ1v) is 12.1. The van der Waals surface area contributed by atoms with E-state index in [1.54, 1.807) is 18.2 Å². The summed E-state index contributed by atoms with van der Waals surface area (Å²) in [6.45, 7) is 4.42. The van der Waals surface area contributed by atoms with E-state index in [9.17, 15) is 14.0 Å². The Bertz CT molecular complexity index is 1400. The van der Waals surface area contributed by atoms with Gasteiger partial charge in [0.25, 0.3) is 5.56 Å². The molecule has 4 aromatic rings. The predicted octanol–water partition coefficient (Wildman–Crippen LogP) is 3.35. The summed E-state index contributed by atoms with van der Waals surface area (Å²) in [6, 6.07) is 23.1. The topological polar surface area (TPSA) is 70.5 Å². The molecule has 3 aromatic carbocycles. The molecular formula is C28H28FN5O2. The van der Waals surface area contributed by atoms with Gasteiger partial charge in [-0.25, -0.2) is 9.37 Å². The van der Waals surface area contributed by atoms with Crippen molar-refractivity contribution in [3.8, 4) is 5.69 Å². The number of nitrogens with zero attached hydrogens (tertiary/aromatic N) is 4. The highest BCUT2D eigenvalue weighted by Crippen LogP contribution is 2.16. The fraction of sp³-hybridized carbons (Fsp3) is 0.250. The Morgan fingerprint density at radius 1 is 0.861 bits per heavy atom.